The first-order chi connectivity index (χ1) is 15.0. The molecule has 2 rings (SSSR count). The van der Waals surface area contributed by atoms with Crippen LogP contribution in [0.15, 0.2) is 53.4 Å². The number of carbonyl (C=O) groups excluding carboxylic acids is 1. The molecule has 0 saturated heterocycles. The quantitative estimate of drug-likeness (QED) is 0.358. The maximum atomic E-state index is 12.7. The number of aryl methyl sites for hydroxylation is 2. The van der Waals surface area contributed by atoms with E-state index >= 15 is 0 Å². The van der Waals surface area contributed by atoms with Crippen LogP contribution in [0.25, 0.3) is 0 Å². The average Bonchev–Trinajstić information content (AvgIpc) is 2.69. The van der Waals surface area contributed by atoms with Gasteiger partial charge in [0.15, 0.2) is 0 Å². The van der Waals surface area contributed by atoms with Crippen molar-refractivity contribution < 1.29 is 22.5 Å². The summed E-state index contributed by atoms with van der Waals surface area (Å²) in [5.41, 5.74) is 2.46. The molecule has 6 nitrogen and oxygen atoms in total. The molecule has 0 fully saturated rings. The molecule has 0 aromatic heterocycles. The lowest BCUT2D eigenvalue weighted by Gasteiger charge is -2.27. The van der Waals surface area contributed by atoms with Gasteiger partial charge in [0.2, 0.25) is 0 Å². The summed E-state index contributed by atoms with van der Waals surface area (Å²) in [4.78, 5) is 14.3. The van der Waals surface area contributed by atoms with Crippen LogP contribution in [0.3, 0.4) is 0 Å². The Hall–Kier alpha value is -2.38. The summed E-state index contributed by atoms with van der Waals surface area (Å²) < 4.78 is 37.5. The van der Waals surface area contributed by atoms with E-state index in [-0.39, 0.29) is 11.0 Å². The highest BCUT2D eigenvalue weighted by atomic mass is 32.2. The van der Waals surface area contributed by atoms with Crippen LogP contribution >= 0.6 is 0 Å². The van der Waals surface area contributed by atoms with Gasteiger partial charge in [0, 0.05) is 13.1 Å². The van der Waals surface area contributed by atoms with Crippen LogP contribution in [0.4, 0.5) is 4.79 Å². The predicted molar refractivity (Wildman–Crippen MR) is 126 cm³/mol. The topological polar surface area (TPSA) is 83.9 Å². The van der Waals surface area contributed by atoms with Crippen molar-refractivity contribution in [3.8, 4) is 0 Å². The Morgan fingerprint density at radius 3 is 2.28 bits per heavy atom. The molecule has 1 amide bonds. The second kappa shape index (κ2) is 11.5. The molecule has 0 aliphatic rings. The van der Waals surface area contributed by atoms with E-state index in [0.29, 0.717) is 13.1 Å². The van der Waals surface area contributed by atoms with Crippen LogP contribution in [-0.4, -0.2) is 36.1 Å². The standard InChI is InChI=1S/C25H35NO5S/c1-20-15-16-23(32(28,29)30)18-22(20)14-10-5-6-11-17-26(24(27)31-25(2,3)4)19-21-12-8-7-9-13-21/h7-9,12-13,15-16,18H,5-6,10-11,14,17,19H2,1-4H3,(H,28,29,30). The van der Waals surface area contributed by atoms with Crippen molar-refractivity contribution in [2.75, 3.05) is 6.54 Å². The fourth-order valence-electron chi connectivity index (χ4n) is 3.41. The lowest BCUT2D eigenvalue weighted by Crippen LogP contribution is -2.37. The van der Waals surface area contributed by atoms with E-state index < -0.39 is 15.7 Å². The number of rotatable bonds is 10. The van der Waals surface area contributed by atoms with Crippen LogP contribution in [-0.2, 0) is 27.8 Å². The largest absolute Gasteiger partial charge is 0.444 e. The highest BCUT2D eigenvalue weighted by molar-refractivity contribution is 7.85. The molecule has 0 aliphatic heterocycles. The summed E-state index contributed by atoms with van der Waals surface area (Å²) in [5, 5.41) is 0. The van der Waals surface area contributed by atoms with Gasteiger partial charge in [-0.1, -0.05) is 49.2 Å². The molecule has 0 spiro atoms. The zero-order valence-electron chi connectivity index (χ0n) is 19.5. The number of nitrogens with zero attached hydrogens (tertiary/aromatic N) is 1. The molecular formula is C25H35NO5S. The molecule has 32 heavy (non-hydrogen) atoms. The molecule has 0 aliphatic carbocycles. The van der Waals surface area contributed by atoms with E-state index in [2.05, 4.69) is 0 Å². The molecule has 0 radical (unpaired) electrons. The number of benzene rings is 2. The first-order valence-electron chi connectivity index (χ1n) is 11.0. The van der Waals surface area contributed by atoms with E-state index in [9.17, 15) is 17.8 Å². The summed E-state index contributed by atoms with van der Waals surface area (Å²) in [6.45, 7) is 8.66. The van der Waals surface area contributed by atoms with E-state index in [1.54, 1.807) is 17.0 Å². The van der Waals surface area contributed by atoms with Crippen molar-refractivity contribution in [3.05, 3.63) is 65.2 Å². The van der Waals surface area contributed by atoms with E-state index in [0.717, 1.165) is 48.8 Å². The van der Waals surface area contributed by atoms with Crippen LogP contribution in [0.1, 0.15) is 63.1 Å². The Balaban J connectivity index is 1.85. The van der Waals surface area contributed by atoms with Crippen LogP contribution in [0.2, 0.25) is 0 Å². The summed E-state index contributed by atoms with van der Waals surface area (Å²) in [5.74, 6) is 0. The third kappa shape index (κ3) is 9.01. The number of unbranched alkanes of at least 4 members (excludes halogenated alkanes) is 3. The lowest BCUT2D eigenvalue weighted by molar-refractivity contribution is 0.0230. The Bertz CT molecular complexity index is 981. The van der Waals surface area contributed by atoms with Gasteiger partial charge in [-0.15, -0.1) is 0 Å². The van der Waals surface area contributed by atoms with Crippen LogP contribution in [0, 0.1) is 6.92 Å². The van der Waals surface area contributed by atoms with Crippen molar-refractivity contribution in [1.82, 2.24) is 4.90 Å². The number of hydrogen-bond acceptors (Lipinski definition) is 4. The normalized spacial score (nSPS) is 11.9. The number of hydrogen-bond donors (Lipinski definition) is 1. The van der Waals surface area contributed by atoms with Crippen LogP contribution < -0.4 is 0 Å². The van der Waals surface area contributed by atoms with Gasteiger partial charge in [-0.25, -0.2) is 4.79 Å². The van der Waals surface area contributed by atoms with Crippen molar-refractivity contribution in [2.24, 2.45) is 0 Å². The first kappa shape index (κ1) is 25.9. The Kier molecular flexibility index (Phi) is 9.28. The molecule has 0 saturated carbocycles. The third-order valence-electron chi connectivity index (χ3n) is 5.11. The van der Waals surface area contributed by atoms with Gasteiger partial charge in [-0.05, 0) is 75.8 Å². The molecule has 0 unspecified atom stereocenters. The maximum absolute atomic E-state index is 12.7. The minimum absolute atomic E-state index is 0.0629. The molecule has 7 heteroatoms. The van der Waals surface area contributed by atoms with Crippen molar-refractivity contribution in [3.63, 3.8) is 0 Å². The minimum atomic E-state index is -4.19. The number of carbonyl (C=O) groups is 1. The summed E-state index contributed by atoms with van der Waals surface area (Å²) in [6, 6.07) is 14.6. The molecule has 0 heterocycles. The van der Waals surface area contributed by atoms with Crippen molar-refractivity contribution >= 4 is 16.2 Å². The Labute approximate surface area is 192 Å². The second-order valence-corrected chi connectivity index (χ2v) is 10.5. The highest BCUT2D eigenvalue weighted by Gasteiger charge is 2.22. The molecule has 0 bridgehead atoms. The predicted octanol–water partition coefficient (Wildman–Crippen LogP) is 5.78. The average molecular weight is 462 g/mol. The minimum Gasteiger partial charge on any atom is -0.444 e. The number of ether oxygens (including phenoxy) is 1. The lowest BCUT2D eigenvalue weighted by atomic mass is 10.0. The molecule has 0 atom stereocenters. The molecule has 2 aromatic carbocycles. The summed E-state index contributed by atoms with van der Waals surface area (Å²) >= 11 is 0. The molecule has 176 valence electrons. The van der Waals surface area contributed by atoms with E-state index in [4.69, 9.17) is 4.74 Å². The second-order valence-electron chi connectivity index (χ2n) is 9.12. The summed E-state index contributed by atoms with van der Waals surface area (Å²) in [6.07, 6.45) is 4.11. The maximum Gasteiger partial charge on any atom is 0.410 e. The zero-order chi connectivity index (χ0) is 23.8. The van der Waals surface area contributed by atoms with Gasteiger partial charge in [-0.3, -0.25) is 4.55 Å². The summed E-state index contributed by atoms with van der Waals surface area (Å²) in [7, 11) is -4.19. The van der Waals surface area contributed by atoms with Gasteiger partial charge in [0.25, 0.3) is 10.1 Å². The van der Waals surface area contributed by atoms with Crippen LogP contribution in [0.5, 0.6) is 0 Å². The zero-order valence-corrected chi connectivity index (χ0v) is 20.3. The molecule has 2 aromatic rings. The fourth-order valence-corrected chi connectivity index (χ4v) is 3.95. The SMILES string of the molecule is Cc1ccc(S(=O)(=O)O)cc1CCCCCCN(Cc1ccccc1)C(=O)OC(C)(C)C. The first-order valence-corrected chi connectivity index (χ1v) is 12.5. The van der Waals surface area contributed by atoms with Gasteiger partial charge >= 0.3 is 6.09 Å². The highest BCUT2D eigenvalue weighted by Crippen LogP contribution is 2.19. The molecular weight excluding hydrogens is 426 g/mol. The third-order valence-corrected chi connectivity index (χ3v) is 5.96. The van der Waals surface area contributed by atoms with Gasteiger partial charge in [0.05, 0.1) is 4.90 Å². The van der Waals surface area contributed by atoms with Crippen molar-refractivity contribution in [1.29, 1.82) is 0 Å². The van der Waals surface area contributed by atoms with Gasteiger partial charge < -0.3 is 9.64 Å². The van der Waals surface area contributed by atoms with E-state index in [1.165, 1.54) is 6.07 Å². The van der Waals surface area contributed by atoms with Crippen molar-refractivity contribution in [2.45, 2.75) is 76.8 Å². The van der Waals surface area contributed by atoms with Gasteiger partial charge in [0.1, 0.15) is 5.60 Å². The monoisotopic (exact) mass is 461 g/mol. The van der Waals surface area contributed by atoms with E-state index in [1.807, 2.05) is 58.0 Å². The Morgan fingerprint density at radius 1 is 1.00 bits per heavy atom. The number of amides is 1. The fraction of sp³-hybridized carbons (Fsp3) is 0.480. The Morgan fingerprint density at radius 2 is 1.66 bits per heavy atom. The van der Waals surface area contributed by atoms with Gasteiger partial charge in [-0.2, -0.15) is 8.42 Å². The smallest absolute Gasteiger partial charge is 0.410 e. The molecule has 1 N–H and O–H groups in total.